The van der Waals surface area contributed by atoms with Gasteiger partial charge in [0.05, 0.1) is 11.0 Å². The molecule has 0 amide bonds. The third-order valence-corrected chi connectivity index (χ3v) is 6.00. The molecule has 2 aromatic carbocycles. The Balaban J connectivity index is 1.73. The molecule has 0 saturated heterocycles. The average Bonchev–Trinajstić information content (AvgIpc) is 3.23. The van der Waals surface area contributed by atoms with Crippen LogP contribution >= 0.6 is 12.2 Å². The molecule has 4 rings (SSSR count). The van der Waals surface area contributed by atoms with Gasteiger partial charge in [0.1, 0.15) is 0 Å². The van der Waals surface area contributed by atoms with E-state index >= 15 is 0 Å². The number of fused-ring (bicyclic) bond motifs is 1. The van der Waals surface area contributed by atoms with E-state index in [2.05, 4.69) is 52.9 Å². The third kappa shape index (κ3) is 3.68. The number of para-hydroxylation sites is 1. The number of non-ortho nitro benzene ring substituents is 1. The third-order valence-electron chi connectivity index (χ3n) is 5.67. The highest BCUT2D eigenvalue weighted by Gasteiger charge is 2.31. The van der Waals surface area contributed by atoms with Crippen LogP contribution in [0.2, 0.25) is 0 Å². The van der Waals surface area contributed by atoms with Gasteiger partial charge in [-0.25, -0.2) is 0 Å². The lowest BCUT2D eigenvalue weighted by atomic mass is 9.99. The van der Waals surface area contributed by atoms with Crippen LogP contribution in [-0.4, -0.2) is 26.0 Å². The molecular weight excluding hydrogens is 396 g/mol. The van der Waals surface area contributed by atoms with Crippen molar-refractivity contribution in [3.63, 3.8) is 0 Å². The van der Waals surface area contributed by atoms with E-state index in [1.807, 2.05) is 18.3 Å². The molecule has 0 saturated carbocycles. The van der Waals surface area contributed by atoms with Gasteiger partial charge < -0.3 is 14.8 Å². The Morgan fingerprint density at radius 2 is 2.00 bits per heavy atom. The SMILES string of the molecule is CCc1cccc(C)c1NC(=S)N1CCn2cccc2C1c1cccc([N+](=O)[O-])c1. The van der Waals surface area contributed by atoms with Crippen molar-refractivity contribution < 1.29 is 4.92 Å². The minimum atomic E-state index is -0.354. The van der Waals surface area contributed by atoms with Gasteiger partial charge in [0.2, 0.25) is 0 Å². The maximum atomic E-state index is 11.3. The standard InChI is InChI=1S/C23H24N4O2S/c1-3-17-8-4-7-16(2)21(17)24-23(30)26-14-13-25-12-6-11-20(25)22(26)18-9-5-10-19(15-18)27(28)29/h4-12,15,22H,3,13-14H2,1-2H3,(H,24,30). The molecule has 2 heterocycles. The summed E-state index contributed by atoms with van der Waals surface area (Å²) in [6, 6.07) is 17.0. The van der Waals surface area contributed by atoms with Crippen molar-refractivity contribution in [1.29, 1.82) is 0 Å². The maximum Gasteiger partial charge on any atom is 0.269 e. The van der Waals surface area contributed by atoms with Crippen LogP contribution in [0.3, 0.4) is 0 Å². The van der Waals surface area contributed by atoms with E-state index in [1.165, 1.54) is 11.6 Å². The zero-order chi connectivity index (χ0) is 21.3. The van der Waals surface area contributed by atoms with Gasteiger partial charge in [0.15, 0.2) is 5.11 Å². The zero-order valence-electron chi connectivity index (χ0n) is 17.0. The summed E-state index contributed by atoms with van der Waals surface area (Å²) in [5, 5.41) is 15.4. The summed E-state index contributed by atoms with van der Waals surface area (Å²) in [5.74, 6) is 0. The van der Waals surface area contributed by atoms with E-state index in [1.54, 1.807) is 12.1 Å². The number of benzene rings is 2. The number of thiocarbonyl (C=S) groups is 1. The first-order chi connectivity index (χ1) is 14.5. The van der Waals surface area contributed by atoms with Crippen LogP contribution in [-0.2, 0) is 13.0 Å². The summed E-state index contributed by atoms with van der Waals surface area (Å²) in [6.07, 6.45) is 2.95. The smallest absolute Gasteiger partial charge is 0.269 e. The average molecular weight is 421 g/mol. The van der Waals surface area contributed by atoms with Gasteiger partial charge in [-0.3, -0.25) is 10.1 Å². The van der Waals surface area contributed by atoms with Crippen LogP contribution in [0.25, 0.3) is 0 Å². The predicted octanol–water partition coefficient (Wildman–Crippen LogP) is 5.07. The van der Waals surface area contributed by atoms with Gasteiger partial charge in [0.25, 0.3) is 5.69 Å². The predicted molar refractivity (Wildman–Crippen MR) is 123 cm³/mol. The molecule has 0 bridgehead atoms. The molecule has 1 unspecified atom stereocenters. The van der Waals surface area contributed by atoms with E-state index in [0.29, 0.717) is 11.7 Å². The molecule has 0 aliphatic carbocycles. The number of hydrogen-bond acceptors (Lipinski definition) is 3. The van der Waals surface area contributed by atoms with E-state index < -0.39 is 0 Å². The summed E-state index contributed by atoms with van der Waals surface area (Å²) in [5.41, 5.74) is 5.42. The Labute approximate surface area is 181 Å². The monoisotopic (exact) mass is 420 g/mol. The molecule has 3 aromatic rings. The van der Waals surface area contributed by atoms with Crippen molar-refractivity contribution in [3.05, 3.63) is 93.3 Å². The normalized spacial score (nSPS) is 15.5. The number of nitro groups is 1. The largest absolute Gasteiger partial charge is 0.348 e. The fraction of sp³-hybridized carbons (Fsp3) is 0.261. The van der Waals surface area contributed by atoms with E-state index in [4.69, 9.17) is 12.2 Å². The molecule has 30 heavy (non-hydrogen) atoms. The molecule has 0 spiro atoms. The first kappa shape index (κ1) is 20.1. The molecule has 1 aliphatic rings. The summed E-state index contributed by atoms with van der Waals surface area (Å²) in [6.45, 7) is 5.73. The van der Waals surface area contributed by atoms with Crippen LogP contribution in [0.1, 0.15) is 35.3 Å². The maximum absolute atomic E-state index is 11.3. The Morgan fingerprint density at radius 1 is 1.20 bits per heavy atom. The van der Waals surface area contributed by atoms with Crippen molar-refractivity contribution in [3.8, 4) is 0 Å². The van der Waals surface area contributed by atoms with E-state index in [0.717, 1.165) is 35.5 Å². The second kappa shape index (κ2) is 8.28. The Morgan fingerprint density at radius 3 is 2.77 bits per heavy atom. The van der Waals surface area contributed by atoms with Crippen molar-refractivity contribution in [1.82, 2.24) is 9.47 Å². The quantitative estimate of drug-likeness (QED) is 0.363. The molecule has 0 fully saturated rings. The molecular formula is C23H24N4O2S. The summed E-state index contributed by atoms with van der Waals surface area (Å²) < 4.78 is 2.19. The number of rotatable bonds is 4. The van der Waals surface area contributed by atoms with Crippen LogP contribution in [0.4, 0.5) is 11.4 Å². The summed E-state index contributed by atoms with van der Waals surface area (Å²) in [7, 11) is 0. The Kier molecular flexibility index (Phi) is 5.55. The number of aromatic nitrogens is 1. The Hall–Kier alpha value is -3.19. The molecule has 154 valence electrons. The fourth-order valence-corrected chi connectivity index (χ4v) is 4.44. The number of nitrogens with one attached hydrogen (secondary N) is 1. The van der Waals surface area contributed by atoms with Crippen molar-refractivity contribution in [2.24, 2.45) is 0 Å². The number of nitrogens with zero attached hydrogens (tertiary/aromatic N) is 3. The lowest BCUT2D eigenvalue weighted by molar-refractivity contribution is -0.384. The molecule has 1 atom stereocenters. The van der Waals surface area contributed by atoms with Crippen LogP contribution < -0.4 is 5.32 Å². The molecule has 6 nitrogen and oxygen atoms in total. The molecule has 1 aliphatic heterocycles. The van der Waals surface area contributed by atoms with Gasteiger partial charge >= 0.3 is 0 Å². The van der Waals surface area contributed by atoms with Gasteiger partial charge in [-0.05, 0) is 54.4 Å². The van der Waals surface area contributed by atoms with Gasteiger partial charge in [-0.15, -0.1) is 0 Å². The highest BCUT2D eigenvalue weighted by atomic mass is 32.1. The number of hydrogen-bond donors (Lipinski definition) is 1. The van der Waals surface area contributed by atoms with Crippen LogP contribution in [0.15, 0.2) is 60.8 Å². The van der Waals surface area contributed by atoms with E-state index in [-0.39, 0.29) is 16.7 Å². The highest BCUT2D eigenvalue weighted by Crippen LogP contribution is 2.35. The first-order valence-corrected chi connectivity index (χ1v) is 10.5. The summed E-state index contributed by atoms with van der Waals surface area (Å²) in [4.78, 5) is 13.1. The molecule has 1 N–H and O–H groups in total. The zero-order valence-corrected chi connectivity index (χ0v) is 17.9. The minimum absolute atomic E-state index is 0.0854. The van der Waals surface area contributed by atoms with Gasteiger partial charge in [-0.1, -0.05) is 37.3 Å². The number of aryl methyl sites for hydroxylation is 2. The highest BCUT2D eigenvalue weighted by molar-refractivity contribution is 7.80. The van der Waals surface area contributed by atoms with Crippen LogP contribution in [0.5, 0.6) is 0 Å². The topological polar surface area (TPSA) is 63.3 Å². The van der Waals surface area contributed by atoms with Gasteiger partial charge in [0, 0.05) is 42.8 Å². The molecule has 1 aromatic heterocycles. The summed E-state index contributed by atoms with van der Waals surface area (Å²) >= 11 is 5.86. The van der Waals surface area contributed by atoms with Crippen molar-refractivity contribution >= 4 is 28.7 Å². The van der Waals surface area contributed by atoms with Crippen molar-refractivity contribution in [2.45, 2.75) is 32.9 Å². The second-order valence-corrected chi connectivity index (χ2v) is 7.85. The Bertz CT molecular complexity index is 1110. The fourth-order valence-electron chi connectivity index (χ4n) is 4.14. The van der Waals surface area contributed by atoms with Crippen molar-refractivity contribution in [2.75, 3.05) is 11.9 Å². The van der Waals surface area contributed by atoms with Gasteiger partial charge in [-0.2, -0.15) is 0 Å². The second-order valence-electron chi connectivity index (χ2n) is 7.47. The first-order valence-electron chi connectivity index (χ1n) is 10.0. The molecule has 7 heteroatoms. The molecule has 0 radical (unpaired) electrons. The number of anilines is 1. The minimum Gasteiger partial charge on any atom is -0.348 e. The lowest BCUT2D eigenvalue weighted by Gasteiger charge is -2.39. The lowest BCUT2D eigenvalue weighted by Crippen LogP contribution is -2.44. The van der Waals surface area contributed by atoms with E-state index in [9.17, 15) is 10.1 Å². The van der Waals surface area contributed by atoms with Crippen LogP contribution in [0, 0.1) is 17.0 Å². The number of nitro benzene ring substituents is 1.